The number of hydrogen-bond donors (Lipinski definition) is 3. The summed E-state index contributed by atoms with van der Waals surface area (Å²) < 4.78 is 38.9. The van der Waals surface area contributed by atoms with Crippen LogP contribution in [0.2, 0.25) is 0 Å². The fraction of sp³-hybridized carbons (Fsp3) is 0.222. The van der Waals surface area contributed by atoms with Crippen molar-refractivity contribution < 1.29 is 22.8 Å². The quantitative estimate of drug-likeness (QED) is 0.328. The minimum absolute atomic E-state index is 0. The van der Waals surface area contributed by atoms with Gasteiger partial charge in [-0.3, -0.25) is 9.20 Å². The highest BCUT2D eigenvalue weighted by Gasteiger charge is 2.27. The van der Waals surface area contributed by atoms with Crippen molar-refractivity contribution in [1.29, 1.82) is 0 Å². The first-order chi connectivity index (χ1) is 18.3. The van der Waals surface area contributed by atoms with E-state index in [1.54, 1.807) is 29.7 Å². The van der Waals surface area contributed by atoms with Gasteiger partial charge in [0.25, 0.3) is 5.91 Å². The minimum Gasteiger partial charge on any atom is -0.336 e. The lowest BCUT2D eigenvalue weighted by Crippen LogP contribution is -2.46. The highest BCUT2D eigenvalue weighted by molar-refractivity contribution is 5.95. The molecule has 39 heavy (non-hydrogen) atoms. The standard InChI is InChI=1S/C27H25F3N6O2.ClH/c28-27(29,30)17-33-26(38)34-22-6-2-4-20(14-22)23-16-32-24-15-19(7-10-36(23)24)18-3-1-5-21(13-18)25(37)35-11-8-31-9-12-35;/h1-7,10,13-16,31H,8-9,11-12,17H2,(H2,33,34,38);1H. The fourth-order valence-electron chi connectivity index (χ4n) is 4.37. The van der Waals surface area contributed by atoms with E-state index >= 15 is 0 Å². The largest absolute Gasteiger partial charge is 0.405 e. The van der Waals surface area contributed by atoms with Crippen LogP contribution in [0.25, 0.3) is 28.0 Å². The molecule has 0 spiro atoms. The molecule has 8 nitrogen and oxygen atoms in total. The van der Waals surface area contributed by atoms with Gasteiger partial charge in [-0.2, -0.15) is 13.2 Å². The van der Waals surface area contributed by atoms with E-state index in [0.29, 0.717) is 30.0 Å². The molecule has 0 radical (unpaired) electrons. The summed E-state index contributed by atoms with van der Waals surface area (Å²) in [7, 11) is 0. The van der Waals surface area contributed by atoms with Crippen LogP contribution in [0.3, 0.4) is 0 Å². The molecule has 5 rings (SSSR count). The number of hydrogen-bond acceptors (Lipinski definition) is 4. The number of rotatable bonds is 5. The third kappa shape index (κ3) is 6.68. The molecule has 1 aliphatic heterocycles. The van der Waals surface area contributed by atoms with Crippen LogP contribution >= 0.6 is 12.4 Å². The van der Waals surface area contributed by atoms with Gasteiger partial charge in [-0.15, -0.1) is 12.4 Å². The Morgan fingerprint density at radius 2 is 1.67 bits per heavy atom. The van der Waals surface area contributed by atoms with E-state index in [4.69, 9.17) is 0 Å². The van der Waals surface area contributed by atoms with E-state index in [2.05, 4.69) is 15.6 Å². The molecule has 3 heterocycles. The van der Waals surface area contributed by atoms with Gasteiger partial charge in [0.05, 0.1) is 11.9 Å². The zero-order chi connectivity index (χ0) is 26.7. The van der Waals surface area contributed by atoms with Gasteiger partial charge in [0.1, 0.15) is 12.2 Å². The number of nitrogens with zero attached hydrogens (tertiary/aromatic N) is 3. The topological polar surface area (TPSA) is 90.8 Å². The van der Waals surface area contributed by atoms with Crippen LogP contribution in [0, 0.1) is 0 Å². The van der Waals surface area contributed by atoms with Crippen molar-refractivity contribution in [2.24, 2.45) is 0 Å². The Balaban J connectivity index is 0.00000353. The molecule has 2 aromatic heterocycles. The summed E-state index contributed by atoms with van der Waals surface area (Å²) in [6.07, 6.45) is -0.934. The van der Waals surface area contributed by atoms with E-state index in [9.17, 15) is 22.8 Å². The van der Waals surface area contributed by atoms with Crippen molar-refractivity contribution in [3.05, 3.63) is 78.6 Å². The molecular formula is C27H26ClF3N6O2. The van der Waals surface area contributed by atoms with Gasteiger partial charge >= 0.3 is 12.2 Å². The maximum absolute atomic E-state index is 12.9. The fourth-order valence-corrected chi connectivity index (χ4v) is 4.37. The Hall–Kier alpha value is -4.09. The lowest BCUT2D eigenvalue weighted by molar-refractivity contribution is -0.122. The molecule has 1 aliphatic rings. The number of carbonyl (C=O) groups is 2. The predicted molar refractivity (Wildman–Crippen MR) is 145 cm³/mol. The number of nitrogens with one attached hydrogen (secondary N) is 3. The zero-order valence-electron chi connectivity index (χ0n) is 20.7. The minimum atomic E-state index is -4.49. The molecule has 4 aromatic rings. The van der Waals surface area contributed by atoms with E-state index < -0.39 is 18.8 Å². The number of fused-ring (bicyclic) bond motifs is 1. The van der Waals surface area contributed by atoms with E-state index in [-0.39, 0.29) is 18.3 Å². The predicted octanol–water partition coefficient (Wildman–Crippen LogP) is 4.82. The maximum Gasteiger partial charge on any atom is 0.405 e. The molecular weight excluding hydrogens is 533 g/mol. The number of urea groups is 1. The summed E-state index contributed by atoms with van der Waals surface area (Å²) in [6, 6.07) is 17.2. The number of piperazine rings is 1. The first-order valence-corrected chi connectivity index (χ1v) is 12.1. The molecule has 1 saturated heterocycles. The van der Waals surface area contributed by atoms with Gasteiger partial charge in [0.2, 0.25) is 0 Å². The van der Waals surface area contributed by atoms with Crippen LogP contribution in [0.4, 0.5) is 23.7 Å². The van der Waals surface area contributed by atoms with Gasteiger partial charge in [-0.1, -0.05) is 24.3 Å². The van der Waals surface area contributed by atoms with Crippen LogP contribution in [-0.4, -0.2) is 65.1 Å². The molecule has 0 atom stereocenters. The van der Waals surface area contributed by atoms with E-state index in [1.165, 1.54) is 0 Å². The molecule has 0 unspecified atom stereocenters. The molecule has 204 valence electrons. The normalized spacial score (nSPS) is 13.6. The lowest BCUT2D eigenvalue weighted by Gasteiger charge is -2.27. The Labute approximate surface area is 228 Å². The maximum atomic E-state index is 12.9. The molecule has 0 bridgehead atoms. The van der Waals surface area contributed by atoms with Gasteiger partial charge in [-0.25, -0.2) is 9.78 Å². The number of pyridine rings is 1. The summed E-state index contributed by atoms with van der Waals surface area (Å²) in [5.41, 5.74) is 4.93. The average molecular weight is 559 g/mol. The Morgan fingerprint density at radius 3 is 2.44 bits per heavy atom. The summed E-state index contributed by atoms with van der Waals surface area (Å²) in [5, 5.41) is 7.45. The highest BCUT2D eigenvalue weighted by Crippen LogP contribution is 2.27. The van der Waals surface area contributed by atoms with Crippen molar-refractivity contribution >= 4 is 35.7 Å². The van der Waals surface area contributed by atoms with Crippen molar-refractivity contribution in [2.75, 3.05) is 38.0 Å². The lowest BCUT2D eigenvalue weighted by atomic mass is 10.0. The Morgan fingerprint density at radius 1 is 0.949 bits per heavy atom. The third-order valence-corrected chi connectivity index (χ3v) is 6.23. The number of halogens is 4. The van der Waals surface area contributed by atoms with Crippen LogP contribution in [0.5, 0.6) is 0 Å². The zero-order valence-corrected chi connectivity index (χ0v) is 21.5. The number of alkyl halides is 3. The van der Waals surface area contributed by atoms with Gasteiger partial charge < -0.3 is 20.9 Å². The second-order valence-electron chi connectivity index (χ2n) is 8.91. The number of aromatic nitrogens is 2. The van der Waals surface area contributed by atoms with Crippen LogP contribution in [-0.2, 0) is 0 Å². The summed E-state index contributed by atoms with van der Waals surface area (Å²) in [4.78, 5) is 31.1. The number of benzene rings is 2. The molecule has 3 N–H and O–H groups in total. The third-order valence-electron chi connectivity index (χ3n) is 6.23. The summed E-state index contributed by atoms with van der Waals surface area (Å²) >= 11 is 0. The number of amides is 3. The first kappa shape index (κ1) is 27.9. The molecule has 0 saturated carbocycles. The SMILES string of the molecule is Cl.O=C(NCC(F)(F)F)Nc1cccc(-c2cnc3cc(-c4cccc(C(=O)N5CCNCC5)c4)ccn23)c1. The van der Waals surface area contributed by atoms with Crippen molar-refractivity contribution in [3.63, 3.8) is 0 Å². The molecule has 2 aromatic carbocycles. The van der Waals surface area contributed by atoms with E-state index in [0.717, 1.165) is 35.5 Å². The number of carbonyl (C=O) groups excluding carboxylic acids is 2. The van der Waals surface area contributed by atoms with E-state index in [1.807, 2.05) is 58.0 Å². The summed E-state index contributed by atoms with van der Waals surface area (Å²) in [6.45, 7) is 1.52. The van der Waals surface area contributed by atoms with Gasteiger partial charge in [0.15, 0.2) is 0 Å². The summed E-state index contributed by atoms with van der Waals surface area (Å²) in [5.74, 6) is 0.0121. The molecule has 1 fully saturated rings. The molecule has 3 amide bonds. The van der Waals surface area contributed by atoms with Crippen molar-refractivity contribution in [3.8, 4) is 22.4 Å². The van der Waals surface area contributed by atoms with Gasteiger partial charge in [0, 0.05) is 49.2 Å². The second-order valence-corrected chi connectivity index (χ2v) is 8.91. The first-order valence-electron chi connectivity index (χ1n) is 12.1. The van der Waals surface area contributed by atoms with Crippen LogP contribution in [0.15, 0.2) is 73.1 Å². The molecule has 0 aliphatic carbocycles. The number of anilines is 1. The Bertz CT molecular complexity index is 1480. The average Bonchev–Trinajstić information content (AvgIpc) is 3.35. The van der Waals surface area contributed by atoms with Crippen LogP contribution in [0.1, 0.15) is 10.4 Å². The van der Waals surface area contributed by atoms with Crippen molar-refractivity contribution in [2.45, 2.75) is 6.18 Å². The smallest absolute Gasteiger partial charge is 0.336 e. The molecule has 12 heteroatoms. The van der Waals surface area contributed by atoms with Crippen LogP contribution < -0.4 is 16.0 Å². The Kier molecular flexibility index (Phi) is 8.41. The second kappa shape index (κ2) is 11.7. The number of imidazole rings is 1. The van der Waals surface area contributed by atoms with Gasteiger partial charge in [-0.05, 0) is 47.5 Å². The monoisotopic (exact) mass is 558 g/mol. The van der Waals surface area contributed by atoms with Crippen molar-refractivity contribution in [1.82, 2.24) is 24.9 Å². The highest BCUT2D eigenvalue weighted by atomic mass is 35.5.